The first kappa shape index (κ1) is 36.7. The topological polar surface area (TPSA) is 159 Å². The van der Waals surface area contributed by atoms with Crippen LogP contribution in [0.4, 0.5) is 0 Å². The third kappa shape index (κ3) is 41.0. The molecule has 0 amide bonds. The predicted octanol–water partition coefficient (Wildman–Crippen LogP) is 1.66. The summed E-state index contributed by atoms with van der Waals surface area (Å²) in [5.74, 6) is 0.676. The third-order valence-corrected chi connectivity index (χ3v) is 4.36. The smallest absolute Gasteiger partial charge is 0.394 e. The van der Waals surface area contributed by atoms with Crippen LogP contribution in [0.5, 0.6) is 0 Å². The molecule has 0 fully saturated rings. The van der Waals surface area contributed by atoms with Crippen molar-refractivity contribution in [1.29, 1.82) is 0 Å². The molecule has 0 bridgehead atoms. The molecule has 0 spiro atoms. The van der Waals surface area contributed by atoms with Crippen molar-refractivity contribution in [3.8, 4) is 0 Å². The van der Waals surface area contributed by atoms with Crippen LogP contribution in [0.3, 0.4) is 0 Å². The van der Waals surface area contributed by atoms with Gasteiger partial charge in [0.05, 0.1) is 92.5 Å². The standard InChI is InChI=1S/C22H46O8.H2O4S/c1-3-5-6-22(4-2)21-30-20-19-29-18-17-28-16-15-27-14-13-26-12-11-25-10-9-24-8-7-23;1-5(2,3)4/h22-23H,3-21H2,1-2H3;(H2,1,2,3,4). The highest BCUT2D eigenvalue weighted by molar-refractivity contribution is 7.79. The zero-order valence-corrected chi connectivity index (χ0v) is 22.3. The van der Waals surface area contributed by atoms with Gasteiger partial charge in [0.25, 0.3) is 0 Å². The first-order valence-electron chi connectivity index (χ1n) is 12.2. The van der Waals surface area contributed by atoms with E-state index in [-0.39, 0.29) is 6.61 Å². The van der Waals surface area contributed by atoms with Crippen molar-refractivity contribution in [2.75, 3.05) is 99.1 Å². The number of hydrogen-bond acceptors (Lipinski definition) is 10. The minimum atomic E-state index is -4.67. The average Bonchev–Trinajstić information content (AvgIpc) is 2.81. The van der Waals surface area contributed by atoms with E-state index in [0.29, 0.717) is 91.8 Å². The van der Waals surface area contributed by atoms with Crippen LogP contribution in [-0.2, 0) is 43.6 Å². The molecular formula is C22H48O12S. The van der Waals surface area contributed by atoms with Gasteiger partial charge in [-0.25, -0.2) is 0 Å². The van der Waals surface area contributed by atoms with E-state index in [4.69, 9.17) is 55.8 Å². The first-order chi connectivity index (χ1) is 16.8. The Bertz CT molecular complexity index is 485. The fraction of sp³-hybridized carbons (Fsp3) is 1.00. The number of aliphatic hydroxyl groups is 1. The van der Waals surface area contributed by atoms with Gasteiger partial charge in [0.2, 0.25) is 0 Å². The maximum Gasteiger partial charge on any atom is 0.394 e. The van der Waals surface area contributed by atoms with Crippen molar-refractivity contribution in [2.24, 2.45) is 5.92 Å². The maximum absolute atomic E-state index is 8.74. The van der Waals surface area contributed by atoms with Crippen LogP contribution >= 0.6 is 0 Å². The SMILES string of the molecule is CCCCC(CC)COCCOCCOCCOCCOCCOCCOCCO.O=S(=O)(O)O. The van der Waals surface area contributed by atoms with Crippen LogP contribution < -0.4 is 0 Å². The van der Waals surface area contributed by atoms with Gasteiger partial charge in [-0.05, 0) is 12.3 Å². The number of ether oxygens (including phenoxy) is 7. The van der Waals surface area contributed by atoms with Gasteiger partial charge in [-0.3, -0.25) is 9.11 Å². The van der Waals surface area contributed by atoms with Gasteiger partial charge in [0.15, 0.2) is 0 Å². The number of unbranched alkanes of at least 4 members (excludes halogenated alkanes) is 1. The van der Waals surface area contributed by atoms with E-state index in [0.717, 1.165) is 6.61 Å². The Morgan fingerprint density at radius 2 is 0.914 bits per heavy atom. The fourth-order valence-electron chi connectivity index (χ4n) is 2.53. The highest BCUT2D eigenvalue weighted by Crippen LogP contribution is 2.12. The van der Waals surface area contributed by atoms with Crippen molar-refractivity contribution in [3.05, 3.63) is 0 Å². The van der Waals surface area contributed by atoms with Gasteiger partial charge in [-0.1, -0.05) is 33.1 Å². The van der Waals surface area contributed by atoms with Gasteiger partial charge >= 0.3 is 10.4 Å². The van der Waals surface area contributed by atoms with E-state index < -0.39 is 10.4 Å². The predicted molar refractivity (Wildman–Crippen MR) is 130 cm³/mol. The summed E-state index contributed by atoms with van der Waals surface area (Å²) in [6, 6.07) is 0. The molecule has 35 heavy (non-hydrogen) atoms. The second-order valence-electron chi connectivity index (χ2n) is 7.34. The van der Waals surface area contributed by atoms with Gasteiger partial charge in [-0.2, -0.15) is 8.42 Å². The first-order valence-corrected chi connectivity index (χ1v) is 13.6. The lowest BCUT2D eigenvalue weighted by atomic mass is 10.0. The van der Waals surface area contributed by atoms with Crippen LogP contribution in [0.1, 0.15) is 39.5 Å². The number of aliphatic hydroxyl groups excluding tert-OH is 1. The molecule has 0 saturated carbocycles. The quantitative estimate of drug-likeness (QED) is 0.109. The van der Waals surface area contributed by atoms with Crippen LogP contribution in [0.25, 0.3) is 0 Å². The van der Waals surface area contributed by atoms with Crippen LogP contribution in [0, 0.1) is 5.92 Å². The molecule has 12 nitrogen and oxygen atoms in total. The summed E-state index contributed by atoms with van der Waals surface area (Å²) in [7, 11) is -4.67. The van der Waals surface area contributed by atoms with Crippen LogP contribution in [0.2, 0.25) is 0 Å². The van der Waals surface area contributed by atoms with Crippen molar-refractivity contribution in [1.82, 2.24) is 0 Å². The largest absolute Gasteiger partial charge is 0.394 e. The molecule has 214 valence electrons. The Morgan fingerprint density at radius 3 is 1.20 bits per heavy atom. The molecule has 0 saturated heterocycles. The molecule has 1 atom stereocenters. The Labute approximate surface area is 211 Å². The highest BCUT2D eigenvalue weighted by atomic mass is 32.3. The fourth-order valence-corrected chi connectivity index (χ4v) is 2.53. The zero-order valence-electron chi connectivity index (χ0n) is 21.4. The summed E-state index contributed by atoms with van der Waals surface area (Å²) < 4.78 is 69.5. The van der Waals surface area contributed by atoms with Crippen molar-refractivity contribution >= 4 is 10.4 Å². The number of rotatable bonds is 26. The van der Waals surface area contributed by atoms with E-state index in [1.165, 1.54) is 25.7 Å². The monoisotopic (exact) mass is 536 g/mol. The molecule has 0 aromatic carbocycles. The lowest BCUT2D eigenvalue weighted by Gasteiger charge is -2.14. The molecule has 0 radical (unpaired) electrons. The summed E-state index contributed by atoms with van der Waals surface area (Å²) in [6.45, 7) is 12.3. The molecule has 3 N–H and O–H groups in total. The molecule has 0 aliphatic heterocycles. The molecule has 1 unspecified atom stereocenters. The van der Waals surface area contributed by atoms with Gasteiger partial charge < -0.3 is 38.3 Å². The molecular weight excluding hydrogens is 488 g/mol. The molecule has 0 heterocycles. The second-order valence-corrected chi connectivity index (χ2v) is 8.23. The molecule has 0 aromatic heterocycles. The Hall–Kier alpha value is -0.450. The van der Waals surface area contributed by atoms with E-state index in [9.17, 15) is 0 Å². The van der Waals surface area contributed by atoms with Gasteiger partial charge in [0, 0.05) is 6.61 Å². The summed E-state index contributed by atoms with van der Waals surface area (Å²) in [5, 5.41) is 8.54. The normalized spacial score (nSPS) is 12.4. The minimum absolute atomic E-state index is 0.0379. The molecule has 0 aliphatic rings. The van der Waals surface area contributed by atoms with Crippen molar-refractivity contribution in [3.63, 3.8) is 0 Å². The minimum Gasteiger partial charge on any atom is -0.394 e. The molecule has 0 aromatic rings. The molecule has 0 aliphatic carbocycles. The van der Waals surface area contributed by atoms with E-state index >= 15 is 0 Å². The van der Waals surface area contributed by atoms with Gasteiger partial charge in [-0.15, -0.1) is 0 Å². The van der Waals surface area contributed by atoms with Crippen molar-refractivity contribution in [2.45, 2.75) is 39.5 Å². The van der Waals surface area contributed by atoms with Crippen molar-refractivity contribution < 1.29 is 55.8 Å². The van der Waals surface area contributed by atoms with Crippen LogP contribution in [0.15, 0.2) is 0 Å². The number of hydrogen-bond donors (Lipinski definition) is 3. The van der Waals surface area contributed by atoms with E-state index in [1.54, 1.807) is 0 Å². The van der Waals surface area contributed by atoms with E-state index in [2.05, 4.69) is 13.8 Å². The summed E-state index contributed by atoms with van der Waals surface area (Å²) >= 11 is 0. The second kappa shape index (κ2) is 29.8. The lowest BCUT2D eigenvalue weighted by molar-refractivity contribution is -0.0226. The van der Waals surface area contributed by atoms with Gasteiger partial charge in [0.1, 0.15) is 0 Å². The molecule has 13 heteroatoms. The zero-order chi connectivity index (χ0) is 26.5. The Kier molecular flexibility index (Phi) is 31.2. The lowest BCUT2D eigenvalue weighted by Crippen LogP contribution is -2.15. The highest BCUT2D eigenvalue weighted by Gasteiger charge is 2.05. The summed E-state index contributed by atoms with van der Waals surface area (Å²) in [6.07, 6.45) is 4.97. The third-order valence-electron chi connectivity index (χ3n) is 4.36. The van der Waals surface area contributed by atoms with Crippen LogP contribution in [-0.4, -0.2) is 122 Å². The Balaban J connectivity index is 0. The van der Waals surface area contributed by atoms with E-state index in [1.807, 2.05) is 0 Å². The Morgan fingerprint density at radius 1 is 0.600 bits per heavy atom. The summed E-state index contributed by atoms with van der Waals surface area (Å²) in [4.78, 5) is 0. The maximum atomic E-state index is 8.74. The average molecular weight is 537 g/mol. The molecule has 0 rings (SSSR count). The summed E-state index contributed by atoms with van der Waals surface area (Å²) in [5.41, 5.74) is 0.